The summed E-state index contributed by atoms with van der Waals surface area (Å²) in [6.45, 7) is 4.53. The van der Waals surface area contributed by atoms with E-state index in [1.165, 1.54) is 154 Å². The fourth-order valence-corrected chi connectivity index (χ4v) is 6.38. The molecule has 0 spiro atoms. The van der Waals surface area contributed by atoms with Gasteiger partial charge in [0.05, 0.1) is 0 Å². The molecule has 0 aromatic carbocycles. The van der Waals surface area contributed by atoms with E-state index in [0.717, 1.165) is 12.8 Å². The average Bonchev–Trinajstić information content (AvgIpc) is 2.77. The third-order valence-corrected chi connectivity index (χ3v) is 9.27. The summed E-state index contributed by atoms with van der Waals surface area (Å²) in [5.41, 5.74) is 0. The van der Waals surface area contributed by atoms with Crippen molar-refractivity contribution in [2.24, 2.45) is 0 Å². The number of halogens is 1. The van der Waals surface area contributed by atoms with E-state index in [-0.39, 0.29) is 0 Å². The molecule has 0 saturated heterocycles. The van der Waals surface area contributed by atoms with Crippen molar-refractivity contribution in [2.45, 2.75) is 186 Å². The number of hydrogen-bond acceptors (Lipinski definition) is 1. The summed E-state index contributed by atoms with van der Waals surface area (Å²) in [6, 6.07) is 1.29. The van der Waals surface area contributed by atoms with E-state index in [1.807, 2.05) is 0 Å². The molecule has 0 unspecified atom stereocenters. The number of aliphatic carboxylic acids is 1. The van der Waals surface area contributed by atoms with Crippen molar-refractivity contribution in [2.75, 3.05) is 0 Å². The summed E-state index contributed by atoms with van der Waals surface area (Å²) in [7, 11) is -1.32. The molecule has 0 aromatic rings. The molecule has 0 rings (SSSR count). The first-order valence-corrected chi connectivity index (χ1v) is 19.5. The Morgan fingerprint density at radius 1 is 0.471 bits per heavy atom. The number of unbranched alkanes of at least 4 members (excludes halogenated alkanes) is 24. The normalized spacial score (nSPS) is 11.9. The summed E-state index contributed by atoms with van der Waals surface area (Å²) in [6.07, 6.45) is 34.7. The fraction of sp³-hybridized carbons (Fsp3) is 0.967. The standard InChI is InChI=1S/C30H61ClO2Si/c1-34(2,31)29-27-25-23-21-19-17-15-13-11-9-7-5-3-4-6-8-10-12-14-16-18-20-22-24-26-28-30(32)33/h3-29H2,1-2H3,(H,32,33). The maximum atomic E-state index is 10.5. The second kappa shape index (κ2) is 26.1. The molecule has 34 heavy (non-hydrogen) atoms. The first-order chi connectivity index (χ1) is 16.4. The first kappa shape index (κ1) is 34.0. The van der Waals surface area contributed by atoms with Crippen molar-refractivity contribution < 1.29 is 9.90 Å². The Morgan fingerprint density at radius 3 is 0.882 bits per heavy atom. The van der Waals surface area contributed by atoms with Gasteiger partial charge in [-0.25, -0.2) is 0 Å². The van der Waals surface area contributed by atoms with Gasteiger partial charge in [0.1, 0.15) is 7.38 Å². The van der Waals surface area contributed by atoms with Gasteiger partial charge >= 0.3 is 5.97 Å². The molecule has 0 aliphatic carbocycles. The van der Waals surface area contributed by atoms with Gasteiger partial charge in [-0.05, 0) is 12.5 Å². The van der Waals surface area contributed by atoms with Crippen molar-refractivity contribution in [3.05, 3.63) is 0 Å². The van der Waals surface area contributed by atoms with Crippen LogP contribution in [0.1, 0.15) is 167 Å². The van der Waals surface area contributed by atoms with Crippen LogP contribution in [0.15, 0.2) is 0 Å². The molecule has 0 aromatic heterocycles. The molecule has 0 atom stereocenters. The fourth-order valence-electron chi connectivity index (χ4n) is 4.89. The lowest BCUT2D eigenvalue weighted by Gasteiger charge is -2.11. The second-order valence-corrected chi connectivity index (χ2v) is 18.5. The lowest BCUT2D eigenvalue weighted by molar-refractivity contribution is -0.137. The van der Waals surface area contributed by atoms with Gasteiger partial charge < -0.3 is 5.11 Å². The van der Waals surface area contributed by atoms with Crippen molar-refractivity contribution in [1.82, 2.24) is 0 Å². The van der Waals surface area contributed by atoms with E-state index < -0.39 is 13.4 Å². The molecule has 0 radical (unpaired) electrons. The van der Waals surface area contributed by atoms with Crippen molar-refractivity contribution >= 4 is 24.4 Å². The number of carboxylic acid groups (broad SMARTS) is 1. The zero-order valence-electron chi connectivity index (χ0n) is 23.3. The summed E-state index contributed by atoms with van der Waals surface area (Å²) < 4.78 is 0. The first-order valence-electron chi connectivity index (χ1n) is 15.3. The van der Waals surface area contributed by atoms with Crippen LogP contribution in [0.25, 0.3) is 0 Å². The van der Waals surface area contributed by atoms with E-state index in [0.29, 0.717) is 6.42 Å². The van der Waals surface area contributed by atoms with Crippen LogP contribution in [0.4, 0.5) is 0 Å². The largest absolute Gasteiger partial charge is 0.481 e. The van der Waals surface area contributed by atoms with E-state index in [1.54, 1.807) is 0 Å². The van der Waals surface area contributed by atoms with Crippen molar-refractivity contribution in [3.8, 4) is 0 Å². The van der Waals surface area contributed by atoms with Gasteiger partial charge in [0, 0.05) is 6.42 Å². The predicted molar refractivity (Wildman–Crippen MR) is 156 cm³/mol. The molecule has 204 valence electrons. The molecule has 2 nitrogen and oxygen atoms in total. The molecule has 0 heterocycles. The summed E-state index contributed by atoms with van der Waals surface area (Å²) in [4.78, 5) is 10.5. The van der Waals surface area contributed by atoms with Crippen LogP contribution in [0.5, 0.6) is 0 Å². The molecule has 0 fully saturated rings. The Labute approximate surface area is 220 Å². The van der Waals surface area contributed by atoms with E-state index in [4.69, 9.17) is 16.2 Å². The zero-order chi connectivity index (χ0) is 25.2. The van der Waals surface area contributed by atoms with Gasteiger partial charge in [-0.3, -0.25) is 4.79 Å². The van der Waals surface area contributed by atoms with Gasteiger partial charge in [0.2, 0.25) is 0 Å². The maximum absolute atomic E-state index is 10.5. The molecule has 0 amide bonds. The molecule has 0 aliphatic heterocycles. The van der Waals surface area contributed by atoms with Crippen LogP contribution in [0.2, 0.25) is 19.1 Å². The molecule has 0 saturated carbocycles. The predicted octanol–water partition coefficient (Wildman–Crippen LogP) is 11.7. The lowest BCUT2D eigenvalue weighted by atomic mass is 10.0. The molecular weight excluding hydrogens is 456 g/mol. The molecular formula is C30H61ClO2Si. The Hall–Kier alpha value is -0.0231. The lowest BCUT2D eigenvalue weighted by Crippen LogP contribution is -2.14. The van der Waals surface area contributed by atoms with E-state index >= 15 is 0 Å². The van der Waals surface area contributed by atoms with Gasteiger partial charge in [0.15, 0.2) is 0 Å². The summed E-state index contributed by atoms with van der Waals surface area (Å²) in [5, 5.41) is 8.61. The smallest absolute Gasteiger partial charge is 0.303 e. The highest BCUT2D eigenvalue weighted by atomic mass is 35.6. The second-order valence-electron chi connectivity index (χ2n) is 11.5. The van der Waals surface area contributed by atoms with Gasteiger partial charge in [0.25, 0.3) is 0 Å². The van der Waals surface area contributed by atoms with Crippen molar-refractivity contribution in [3.63, 3.8) is 0 Å². The molecule has 0 aliphatic rings. The van der Waals surface area contributed by atoms with Crippen LogP contribution in [0, 0.1) is 0 Å². The molecule has 1 N–H and O–H groups in total. The van der Waals surface area contributed by atoms with E-state index in [9.17, 15) is 4.79 Å². The van der Waals surface area contributed by atoms with Gasteiger partial charge in [-0.2, -0.15) is 11.1 Å². The van der Waals surface area contributed by atoms with Gasteiger partial charge in [-0.15, -0.1) is 0 Å². The van der Waals surface area contributed by atoms with Crippen LogP contribution in [0.3, 0.4) is 0 Å². The number of rotatable bonds is 28. The zero-order valence-corrected chi connectivity index (χ0v) is 25.1. The van der Waals surface area contributed by atoms with Crippen LogP contribution < -0.4 is 0 Å². The number of carbonyl (C=O) groups is 1. The monoisotopic (exact) mass is 516 g/mol. The van der Waals surface area contributed by atoms with Gasteiger partial charge in [-0.1, -0.05) is 167 Å². The minimum atomic E-state index is -1.32. The number of hydrogen-bond donors (Lipinski definition) is 1. The highest BCUT2D eigenvalue weighted by Crippen LogP contribution is 2.20. The van der Waals surface area contributed by atoms with Crippen LogP contribution in [-0.2, 0) is 4.79 Å². The number of carboxylic acids is 1. The highest BCUT2D eigenvalue weighted by Gasteiger charge is 2.15. The third kappa shape index (κ3) is 32.0. The molecule has 4 heteroatoms. The SMILES string of the molecule is C[Si](C)(Cl)CCCCCCCCCCCCCCCCCCCCCCCCCCCC(=O)O. The Morgan fingerprint density at radius 2 is 0.676 bits per heavy atom. The minimum absolute atomic E-state index is 0.344. The van der Waals surface area contributed by atoms with Crippen LogP contribution in [-0.4, -0.2) is 18.5 Å². The Balaban J connectivity index is 3.05. The minimum Gasteiger partial charge on any atom is -0.481 e. The Bertz CT molecular complexity index is 423. The molecule has 0 bridgehead atoms. The third-order valence-electron chi connectivity index (χ3n) is 7.16. The highest BCUT2D eigenvalue weighted by molar-refractivity contribution is 7.19. The maximum Gasteiger partial charge on any atom is 0.303 e. The van der Waals surface area contributed by atoms with Crippen molar-refractivity contribution in [1.29, 1.82) is 0 Å². The summed E-state index contributed by atoms with van der Waals surface area (Å²) in [5.74, 6) is -0.651. The quantitative estimate of drug-likeness (QED) is 0.0637. The topological polar surface area (TPSA) is 37.3 Å². The van der Waals surface area contributed by atoms with E-state index in [2.05, 4.69) is 13.1 Å². The summed E-state index contributed by atoms with van der Waals surface area (Å²) >= 11 is 6.37. The van der Waals surface area contributed by atoms with Crippen LogP contribution >= 0.6 is 11.1 Å². The average molecular weight is 517 g/mol. The Kier molecular flexibility index (Phi) is 26.0.